The van der Waals surface area contributed by atoms with E-state index in [4.69, 9.17) is 4.74 Å². The lowest BCUT2D eigenvalue weighted by Crippen LogP contribution is -2.43. The number of esters is 1. The van der Waals surface area contributed by atoms with Crippen molar-refractivity contribution in [3.63, 3.8) is 0 Å². The van der Waals surface area contributed by atoms with Gasteiger partial charge in [-0.2, -0.15) is 11.8 Å². The van der Waals surface area contributed by atoms with Gasteiger partial charge in [0.2, 0.25) is 0 Å². The summed E-state index contributed by atoms with van der Waals surface area (Å²) in [6, 6.07) is 0. The van der Waals surface area contributed by atoms with E-state index in [0.717, 1.165) is 38.3 Å². The van der Waals surface area contributed by atoms with Crippen molar-refractivity contribution in [2.24, 2.45) is 4.99 Å². The molecule has 0 aromatic carbocycles. The number of hydrogen-bond donors (Lipinski definition) is 2. The van der Waals surface area contributed by atoms with E-state index in [9.17, 15) is 4.79 Å². The first-order valence-electron chi connectivity index (χ1n) is 8.16. The molecule has 6 heteroatoms. The van der Waals surface area contributed by atoms with Gasteiger partial charge in [-0.25, -0.2) is 0 Å². The Kier molecular flexibility index (Phi) is 8.68. The number of nitrogens with zero attached hydrogens (tertiary/aromatic N) is 1. The molecule has 0 aromatic rings. The normalized spacial score (nSPS) is 16.6. The van der Waals surface area contributed by atoms with Gasteiger partial charge in [0.25, 0.3) is 0 Å². The molecule has 0 spiro atoms. The minimum absolute atomic E-state index is 0.0693. The lowest BCUT2D eigenvalue weighted by molar-refractivity contribution is -0.148. The van der Waals surface area contributed by atoms with Gasteiger partial charge in [-0.15, -0.1) is 0 Å². The van der Waals surface area contributed by atoms with E-state index in [1.54, 1.807) is 7.05 Å². The highest BCUT2D eigenvalue weighted by Gasteiger charge is 2.19. The molecule has 1 aliphatic rings. The molecule has 0 saturated heterocycles. The van der Waals surface area contributed by atoms with Gasteiger partial charge in [-0.3, -0.25) is 9.79 Å². The van der Waals surface area contributed by atoms with Crippen LogP contribution in [-0.4, -0.2) is 49.2 Å². The van der Waals surface area contributed by atoms with Gasteiger partial charge in [-0.05, 0) is 52.2 Å². The standard InChI is InChI=1S/C16H31N3O2S/c1-16(2,22-4)12-19-15(17-3)18-11-7-10-14(20)21-13-8-5-6-9-13/h13H,5-12H2,1-4H3,(H2,17,18,19). The molecule has 5 nitrogen and oxygen atoms in total. The molecule has 1 aliphatic carbocycles. The molecule has 128 valence electrons. The Morgan fingerprint density at radius 3 is 2.59 bits per heavy atom. The van der Waals surface area contributed by atoms with Gasteiger partial charge in [0.1, 0.15) is 6.10 Å². The zero-order valence-corrected chi connectivity index (χ0v) is 15.2. The number of nitrogens with one attached hydrogen (secondary N) is 2. The summed E-state index contributed by atoms with van der Waals surface area (Å²) >= 11 is 1.82. The third-order valence-electron chi connectivity index (χ3n) is 3.91. The lowest BCUT2D eigenvalue weighted by atomic mass is 10.2. The fraction of sp³-hybridized carbons (Fsp3) is 0.875. The third kappa shape index (κ3) is 7.92. The second-order valence-electron chi connectivity index (χ2n) is 6.32. The molecule has 1 saturated carbocycles. The van der Waals surface area contributed by atoms with Crippen molar-refractivity contribution in [2.75, 3.05) is 26.4 Å². The molecule has 22 heavy (non-hydrogen) atoms. The number of carbonyl (C=O) groups excluding carboxylic acids is 1. The van der Waals surface area contributed by atoms with Crippen molar-refractivity contribution in [1.82, 2.24) is 10.6 Å². The zero-order valence-electron chi connectivity index (χ0n) is 14.4. The summed E-state index contributed by atoms with van der Waals surface area (Å²) in [5, 5.41) is 6.55. The maximum atomic E-state index is 11.7. The summed E-state index contributed by atoms with van der Waals surface area (Å²) in [5.41, 5.74) is 0. The number of guanidine groups is 1. The third-order valence-corrected chi connectivity index (χ3v) is 5.16. The molecule has 0 aromatic heterocycles. The maximum absolute atomic E-state index is 11.7. The van der Waals surface area contributed by atoms with Crippen LogP contribution in [0, 0.1) is 0 Å². The van der Waals surface area contributed by atoms with Crippen molar-refractivity contribution >= 4 is 23.7 Å². The van der Waals surface area contributed by atoms with E-state index in [1.807, 2.05) is 11.8 Å². The average Bonchev–Trinajstić information content (AvgIpc) is 2.99. The molecule has 1 fully saturated rings. The van der Waals surface area contributed by atoms with E-state index in [2.05, 4.69) is 35.7 Å². The number of thioether (sulfide) groups is 1. The van der Waals surface area contributed by atoms with Crippen molar-refractivity contribution in [3.8, 4) is 0 Å². The minimum Gasteiger partial charge on any atom is -0.462 e. The van der Waals surface area contributed by atoms with Gasteiger partial charge in [0, 0.05) is 31.3 Å². The molecule has 0 radical (unpaired) electrons. The first-order valence-corrected chi connectivity index (χ1v) is 9.38. The van der Waals surface area contributed by atoms with Crippen LogP contribution in [0.5, 0.6) is 0 Å². The molecular formula is C16H31N3O2S. The lowest BCUT2D eigenvalue weighted by Gasteiger charge is -2.23. The van der Waals surface area contributed by atoms with E-state index < -0.39 is 0 Å². The maximum Gasteiger partial charge on any atom is 0.306 e. The topological polar surface area (TPSA) is 62.7 Å². The van der Waals surface area contributed by atoms with Crippen LogP contribution in [0.25, 0.3) is 0 Å². The van der Waals surface area contributed by atoms with Crippen molar-refractivity contribution in [2.45, 2.75) is 63.2 Å². The quantitative estimate of drug-likeness (QED) is 0.310. The number of carbonyl (C=O) groups is 1. The van der Waals surface area contributed by atoms with Crippen molar-refractivity contribution in [3.05, 3.63) is 0 Å². The van der Waals surface area contributed by atoms with Gasteiger partial charge < -0.3 is 15.4 Å². The monoisotopic (exact) mass is 329 g/mol. The molecule has 1 rings (SSSR count). The Hall–Kier alpha value is -0.910. The minimum atomic E-state index is -0.0693. The average molecular weight is 330 g/mol. The summed E-state index contributed by atoms with van der Waals surface area (Å²) in [7, 11) is 1.76. The highest BCUT2D eigenvalue weighted by atomic mass is 32.2. The Bertz CT molecular complexity index is 366. The second kappa shape index (κ2) is 9.98. The fourth-order valence-corrected chi connectivity index (χ4v) is 2.50. The van der Waals surface area contributed by atoms with Crippen molar-refractivity contribution in [1.29, 1.82) is 0 Å². The molecule has 0 amide bonds. The highest BCUT2D eigenvalue weighted by Crippen LogP contribution is 2.21. The number of ether oxygens (including phenoxy) is 1. The van der Waals surface area contributed by atoms with Crippen LogP contribution >= 0.6 is 11.8 Å². The van der Waals surface area contributed by atoms with Gasteiger partial charge >= 0.3 is 5.97 Å². The molecule has 0 bridgehead atoms. The molecule has 2 N–H and O–H groups in total. The Morgan fingerprint density at radius 1 is 1.32 bits per heavy atom. The summed E-state index contributed by atoms with van der Waals surface area (Å²) in [5.74, 6) is 0.714. The van der Waals surface area contributed by atoms with Crippen LogP contribution in [0.4, 0.5) is 0 Å². The van der Waals surface area contributed by atoms with Gasteiger partial charge in [-0.1, -0.05) is 0 Å². The summed E-state index contributed by atoms with van der Waals surface area (Å²) in [4.78, 5) is 15.9. The van der Waals surface area contributed by atoms with Crippen LogP contribution in [0.1, 0.15) is 52.4 Å². The van der Waals surface area contributed by atoms with E-state index in [0.29, 0.717) is 6.42 Å². The van der Waals surface area contributed by atoms with Gasteiger partial charge in [0.05, 0.1) is 0 Å². The Labute approximate surface area is 139 Å². The first-order chi connectivity index (χ1) is 10.5. The highest BCUT2D eigenvalue weighted by molar-refractivity contribution is 7.99. The smallest absolute Gasteiger partial charge is 0.306 e. The summed E-state index contributed by atoms with van der Waals surface area (Å²) in [6.45, 7) is 5.95. The molecule has 0 aliphatic heterocycles. The van der Waals surface area contributed by atoms with Crippen LogP contribution in [0.15, 0.2) is 4.99 Å². The fourth-order valence-electron chi connectivity index (χ4n) is 2.28. The second-order valence-corrected chi connectivity index (χ2v) is 7.83. The van der Waals surface area contributed by atoms with E-state index >= 15 is 0 Å². The Balaban J connectivity index is 2.12. The molecule has 0 unspecified atom stereocenters. The van der Waals surface area contributed by atoms with E-state index in [-0.39, 0.29) is 16.8 Å². The number of aliphatic imine (C=N–C) groups is 1. The van der Waals surface area contributed by atoms with E-state index in [1.165, 1.54) is 12.8 Å². The predicted octanol–water partition coefficient (Wildman–Crippen LogP) is 2.56. The van der Waals surface area contributed by atoms with Crippen LogP contribution in [-0.2, 0) is 9.53 Å². The van der Waals surface area contributed by atoms with Gasteiger partial charge in [0.15, 0.2) is 5.96 Å². The number of rotatable bonds is 8. The Morgan fingerprint density at radius 2 is 2.00 bits per heavy atom. The van der Waals surface area contributed by atoms with Crippen LogP contribution in [0.3, 0.4) is 0 Å². The zero-order chi connectivity index (χ0) is 16.4. The van der Waals surface area contributed by atoms with Crippen LogP contribution in [0.2, 0.25) is 0 Å². The molecule has 0 atom stereocenters. The molecular weight excluding hydrogens is 298 g/mol. The predicted molar refractivity (Wildman–Crippen MR) is 94.5 cm³/mol. The summed E-state index contributed by atoms with van der Waals surface area (Å²) in [6.07, 6.45) is 7.95. The first kappa shape index (κ1) is 19.1. The SMILES string of the molecule is CN=C(NCCCC(=O)OC1CCCC1)NCC(C)(C)SC. The molecule has 0 heterocycles. The van der Waals surface area contributed by atoms with Crippen molar-refractivity contribution < 1.29 is 9.53 Å². The summed E-state index contributed by atoms with van der Waals surface area (Å²) < 4.78 is 5.61. The van der Waals surface area contributed by atoms with Crippen LogP contribution < -0.4 is 10.6 Å². The number of hydrogen-bond acceptors (Lipinski definition) is 4. The largest absolute Gasteiger partial charge is 0.462 e.